The Balaban J connectivity index is 2.50. The summed E-state index contributed by atoms with van der Waals surface area (Å²) in [6.45, 7) is 7.27. The first-order valence-corrected chi connectivity index (χ1v) is 11.9. The highest BCUT2D eigenvalue weighted by atomic mass is 32.3. The summed E-state index contributed by atoms with van der Waals surface area (Å²) in [4.78, 5) is 12.3. The third-order valence-electron chi connectivity index (χ3n) is 4.19. The molecule has 0 saturated carbocycles. The third kappa shape index (κ3) is 6.73. The lowest BCUT2D eigenvalue weighted by molar-refractivity contribution is 0.596. The number of thioether (sulfide) groups is 1. The van der Waals surface area contributed by atoms with Gasteiger partial charge in [-0.05, 0) is 48.4 Å². The molecule has 0 saturated heterocycles. The van der Waals surface area contributed by atoms with Gasteiger partial charge in [0.1, 0.15) is 16.8 Å². The summed E-state index contributed by atoms with van der Waals surface area (Å²) < 4.78 is 12.3. The number of unbranched alkanes of at least 4 members (excludes halogenated alkanes) is 1. The van der Waals surface area contributed by atoms with Crippen molar-refractivity contribution in [3.05, 3.63) is 53.9 Å². The Labute approximate surface area is 185 Å². The molecule has 30 heavy (non-hydrogen) atoms. The molecule has 1 unspecified atom stereocenters. The minimum atomic E-state index is -0.969. The van der Waals surface area contributed by atoms with Crippen LogP contribution in [0.15, 0.2) is 57.6 Å². The molecule has 2 N–H and O–H groups in total. The maximum absolute atomic E-state index is 12.3. The highest BCUT2D eigenvalue weighted by molar-refractivity contribution is 8.12. The van der Waals surface area contributed by atoms with Crippen molar-refractivity contribution in [1.29, 1.82) is 5.26 Å². The van der Waals surface area contributed by atoms with Gasteiger partial charge in [-0.1, -0.05) is 55.4 Å². The molecule has 1 atom stereocenters. The number of nitrogens with two attached hydrogens (primary N) is 1. The highest BCUT2D eigenvalue weighted by Crippen LogP contribution is 2.33. The van der Waals surface area contributed by atoms with E-state index >= 15 is 0 Å². The number of nitrogens with zero attached hydrogens (tertiary/aromatic N) is 4. The zero-order valence-corrected chi connectivity index (χ0v) is 18.8. The topological polar surface area (TPSA) is 110 Å². The van der Waals surface area contributed by atoms with Crippen LogP contribution in [0.1, 0.15) is 37.9 Å². The van der Waals surface area contributed by atoms with Crippen molar-refractivity contribution in [3.8, 4) is 17.2 Å². The molecule has 2 rings (SSSR count). The predicted molar refractivity (Wildman–Crippen MR) is 128 cm³/mol. The summed E-state index contributed by atoms with van der Waals surface area (Å²) in [5, 5.41) is 10.8. The molecule has 1 aromatic carbocycles. The highest BCUT2D eigenvalue weighted by Gasteiger charge is 2.18. The molecule has 0 amide bonds. The van der Waals surface area contributed by atoms with E-state index in [0.29, 0.717) is 27.1 Å². The normalized spacial score (nSPS) is 13.0. The molecule has 0 spiro atoms. The van der Waals surface area contributed by atoms with Crippen LogP contribution in [0, 0.1) is 11.3 Å². The SMILES string of the molecule is C=N/C(N)=N\C=C(/C)c1cc(-c2ccccc2)c(C#N)c(SC[S+]([O-])CCCC)n1. The maximum atomic E-state index is 12.3. The molecule has 0 aliphatic heterocycles. The van der Waals surface area contributed by atoms with E-state index in [1.54, 1.807) is 6.20 Å². The summed E-state index contributed by atoms with van der Waals surface area (Å²) in [6.07, 6.45) is 3.49. The predicted octanol–water partition coefficient (Wildman–Crippen LogP) is 4.59. The number of aromatic nitrogens is 1. The minimum Gasteiger partial charge on any atom is -0.616 e. The Morgan fingerprint density at radius 1 is 1.40 bits per heavy atom. The molecule has 8 heteroatoms. The van der Waals surface area contributed by atoms with Crippen LogP contribution in [-0.2, 0) is 11.2 Å². The second-order valence-corrected chi connectivity index (χ2v) is 9.34. The Morgan fingerprint density at radius 3 is 2.77 bits per heavy atom. The maximum Gasteiger partial charge on any atom is 0.219 e. The minimum absolute atomic E-state index is 0.0622. The standard InChI is InChI=1S/C22H25N5OS2/c1-4-5-11-30(28)15-29-21-19(13-23)18(17-9-7-6-8-10-17)12-20(27-21)16(2)14-26-22(24)25-3/h6-10,12,14H,3-5,11,15H2,1-2H3,(H2,24,26)/b16-14+. The van der Waals surface area contributed by atoms with Crippen LogP contribution in [0.3, 0.4) is 0 Å². The first-order valence-electron chi connectivity index (χ1n) is 9.45. The molecular weight excluding hydrogens is 414 g/mol. The number of allylic oxidation sites excluding steroid dienone is 1. The first kappa shape index (κ1) is 23.7. The smallest absolute Gasteiger partial charge is 0.219 e. The van der Waals surface area contributed by atoms with E-state index in [0.717, 1.165) is 29.5 Å². The van der Waals surface area contributed by atoms with Crippen LogP contribution in [-0.4, -0.2) is 33.1 Å². The van der Waals surface area contributed by atoms with Crippen LogP contribution >= 0.6 is 11.8 Å². The zero-order chi connectivity index (χ0) is 21.9. The Hall–Kier alpha value is -2.60. The molecule has 1 aromatic heterocycles. The number of guanidine groups is 1. The van der Waals surface area contributed by atoms with Crippen LogP contribution < -0.4 is 5.73 Å². The van der Waals surface area contributed by atoms with Gasteiger partial charge in [-0.2, -0.15) is 5.26 Å². The fraction of sp³-hybridized carbons (Fsp3) is 0.273. The van der Waals surface area contributed by atoms with Crippen molar-refractivity contribution in [2.75, 3.05) is 10.8 Å². The number of nitriles is 1. The molecule has 0 fully saturated rings. The number of hydrogen-bond donors (Lipinski definition) is 1. The third-order valence-corrected chi connectivity index (χ3v) is 7.03. The van der Waals surface area contributed by atoms with Gasteiger partial charge in [-0.15, -0.1) is 0 Å². The van der Waals surface area contributed by atoms with Gasteiger partial charge in [0, 0.05) is 11.8 Å². The van der Waals surface area contributed by atoms with Crippen molar-refractivity contribution < 1.29 is 4.55 Å². The molecule has 0 bridgehead atoms. The van der Waals surface area contributed by atoms with E-state index < -0.39 is 11.2 Å². The summed E-state index contributed by atoms with van der Waals surface area (Å²) in [5.74, 6) is 0.713. The molecule has 156 valence electrons. The fourth-order valence-corrected chi connectivity index (χ4v) is 5.05. The summed E-state index contributed by atoms with van der Waals surface area (Å²) >= 11 is 0.381. The molecular formula is C22H25N5OS2. The lowest BCUT2D eigenvalue weighted by atomic mass is 10.00. The van der Waals surface area contributed by atoms with E-state index in [4.69, 9.17) is 5.73 Å². The molecule has 0 aliphatic carbocycles. The van der Waals surface area contributed by atoms with E-state index in [9.17, 15) is 9.81 Å². The number of hydrogen-bond acceptors (Lipinski definition) is 5. The lowest BCUT2D eigenvalue weighted by Gasteiger charge is -2.14. The summed E-state index contributed by atoms with van der Waals surface area (Å²) in [5.41, 5.74) is 9.18. The Morgan fingerprint density at radius 2 is 2.13 bits per heavy atom. The van der Waals surface area contributed by atoms with E-state index in [-0.39, 0.29) is 5.96 Å². The van der Waals surface area contributed by atoms with Crippen molar-refractivity contribution in [3.63, 3.8) is 0 Å². The monoisotopic (exact) mass is 439 g/mol. The quantitative estimate of drug-likeness (QED) is 0.266. The molecule has 2 aromatic rings. The van der Waals surface area contributed by atoms with Gasteiger partial charge < -0.3 is 10.3 Å². The van der Waals surface area contributed by atoms with Gasteiger partial charge >= 0.3 is 0 Å². The largest absolute Gasteiger partial charge is 0.616 e. The van der Waals surface area contributed by atoms with E-state index in [1.165, 1.54) is 11.8 Å². The van der Waals surface area contributed by atoms with Crippen molar-refractivity contribution >= 4 is 41.2 Å². The van der Waals surface area contributed by atoms with Crippen molar-refractivity contribution in [2.45, 2.75) is 31.7 Å². The lowest BCUT2D eigenvalue weighted by Crippen LogP contribution is -2.09. The van der Waals surface area contributed by atoms with Crippen molar-refractivity contribution in [2.24, 2.45) is 15.7 Å². The number of benzene rings is 1. The van der Waals surface area contributed by atoms with Gasteiger partial charge in [-0.25, -0.2) is 15.0 Å². The van der Waals surface area contributed by atoms with Crippen LogP contribution in [0.25, 0.3) is 16.7 Å². The summed E-state index contributed by atoms with van der Waals surface area (Å²) in [6, 6.07) is 13.8. The average Bonchev–Trinajstić information content (AvgIpc) is 2.79. The molecule has 0 aliphatic rings. The Bertz CT molecular complexity index is 967. The van der Waals surface area contributed by atoms with Gasteiger partial charge in [-0.3, -0.25) is 0 Å². The second kappa shape index (κ2) is 12.2. The van der Waals surface area contributed by atoms with E-state index in [2.05, 4.69) is 34.7 Å². The average molecular weight is 440 g/mol. The summed E-state index contributed by atoms with van der Waals surface area (Å²) in [7, 11) is 0. The Kier molecular flexibility index (Phi) is 9.61. The van der Waals surface area contributed by atoms with Crippen LogP contribution in [0.4, 0.5) is 0 Å². The molecule has 6 nitrogen and oxygen atoms in total. The zero-order valence-electron chi connectivity index (χ0n) is 17.2. The number of aliphatic imine (C=N–C) groups is 2. The van der Waals surface area contributed by atoms with Gasteiger partial charge in [0.2, 0.25) is 5.96 Å². The number of rotatable bonds is 9. The van der Waals surface area contributed by atoms with Crippen molar-refractivity contribution in [1.82, 2.24) is 4.98 Å². The van der Waals surface area contributed by atoms with Gasteiger partial charge in [0.25, 0.3) is 0 Å². The van der Waals surface area contributed by atoms with Crippen LogP contribution in [0.5, 0.6) is 0 Å². The van der Waals surface area contributed by atoms with E-state index in [1.807, 2.05) is 43.3 Å². The van der Waals surface area contributed by atoms with Crippen LogP contribution in [0.2, 0.25) is 0 Å². The van der Waals surface area contributed by atoms with Gasteiger partial charge in [0.05, 0.1) is 11.3 Å². The number of pyridine rings is 1. The molecule has 1 heterocycles. The molecule has 0 radical (unpaired) electrons. The fourth-order valence-electron chi connectivity index (χ4n) is 2.54. The first-order chi connectivity index (χ1) is 14.5. The second-order valence-electron chi connectivity index (χ2n) is 6.43. The van der Waals surface area contributed by atoms with Gasteiger partial charge in [0.15, 0.2) is 5.08 Å².